The van der Waals surface area contributed by atoms with Crippen molar-refractivity contribution in [2.45, 2.75) is 19.3 Å². The zero-order valence-corrected chi connectivity index (χ0v) is 15.1. The summed E-state index contributed by atoms with van der Waals surface area (Å²) in [6, 6.07) is 14.7. The summed E-state index contributed by atoms with van der Waals surface area (Å²) in [5.74, 6) is -0.447. The highest BCUT2D eigenvalue weighted by atomic mass is 35.5. The SMILES string of the molecule is CC(=O)C1=CC(=O)/C(=C\c2cccc(Cl)c2)C(c2cccc(Cl)c2)C1. The second-order valence-electron chi connectivity index (χ2n) is 6.06. The molecule has 2 aromatic carbocycles. The van der Waals surface area contributed by atoms with Crippen LogP contribution in [0.15, 0.2) is 65.8 Å². The molecule has 126 valence electrons. The molecule has 0 saturated carbocycles. The van der Waals surface area contributed by atoms with Crippen LogP contribution in [0.25, 0.3) is 6.08 Å². The maximum Gasteiger partial charge on any atom is 0.182 e. The van der Waals surface area contributed by atoms with Gasteiger partial charge in [-0.2, -0.15) is 0 Å². The second kappa shape index (κ2) is 7.38. The van der Waals surface area contributed by atoms with E-state index in [1.807, 2.05) is 36.4 Å². The van der Waals surface area contributed by atoms with Crippen LogP contribution in [0.1, 0.15) is 30.4 Å². The summed E-state index contributed by atoms with van der Waals surface area (Å²) >= 11 is 12.2. The number of carbonyl (C=O) groups is 2. The van der Waals surface area contributed by atoms with Gasteiger partial charge in [0, 0.05) is 21.5 Å². The van der Waals surface area contributed by atoms with Crippen molar-refractivity contribution in [1.29, 1.82) is 0 Å². The Morgan fingerprint density at radius 1 is 1.08 bits per heavy atom. The number of benzene rings is 2. The quantitative estimate of drug-likeness (QED) is 0.654. The van der Waals surface area contributed by atoms with Gasteiger partial charge in [-0.3, -0.25) is 9.59 Å². The summed E-state index contributed by atoms with van der Waals surface area (Å²) in [5, 5.41) is 1.21. The van der Waals surface area contributed by atoms with Gasteiger partial charge in [0.2, 0.25) is 0 Å². The first-order chi connectivity index (χ1) is 11.9. The molecule has 4 heteroatoms. The molecule has 0 aromatic heterocycles. The van der Waals surface area contributed by atoms with Crippen molar-refractivity contribution in [3.05, 3.63) is 86.9 Å². The van der Waals surface area contributed by atoms with Crippen LogP contribution in [0.5, 0.6) is 0 Å². The first kappa shape index (κ1) is 17.7. The highest BCUT2D eigenvalue weighted by molar-refractivity contribution is 6.31. The number of hydrogen-bond donors (Lipinski definition) is 0. The zero-order valence-electron chi connectivity index (χ0n) is 13.6. The van der Waals surface area contributed by atoms with Crippen LogP contribution in [0, 0.1) is 0 Å². The molecule has 0 spiro atoms. The Hall–Kier alpha value is -2.16. The van der Waals surface area contributed by atoms with Crippen LogP contribution < -0.4 is 0 Å². The fourth-order valence-corrected chi connectivity index (χ4v) is 3.41. The molecular weight excluding hydrogens is 355 g/mol. The van der Waals surface area contributed by atoms with E-state index in [0.717, 1.165) is 11.1 Å². The van der Waals surface area contributed by atoms with Gasteiger partial charge in [-0.1, -0.05) is 47.5 Å². The average Bonchev–Trinajstić information content (AvgIpc) is 2.56. The van der Waals surface area contributed by atoms with E-state index in [1.54, 1.807) is 18.2 Å². The Bertz CT molecular complexity index is 910. The Morgan fingerprint density at radius 2 is 1.76 bits per heavy atom. The van der Waals surface area contributed by atoms with Gasteiger partial charge in [-0.25, -0.2) is 0 Å². The first-order valence-corrected chi connectivity index (χ1v) is 8.68. The standard InChI is InChI=1S/C21H16Cl2O2/c1-13(24)16-11-19(15-5-3-7-18(23)10-15)20(21(25)12-16)9-14-4-2-6-17(22)8-14/h2-10,12,19H,11H2,1H3/b20-9-. The van der Waals surface area contributed by atoms with E-state index < -0.39 is 0 Å². The van der Waals surface area contributed by atoms with Gasteiger partial charge in [0.25, 0.3) is 0 Å². The first-order valence-electron chi connectivity index (χ1n) is 7.92. The summed E-state index contributed by atoms with van der Waals surface area (Å²) in [7, 11) is 0. The van der Waals surface area contributed by atoms with Crippen LogP contribution in [-0.2, 0) is 9.59 Å². The third kappa shape index (κ3) is 4.09. The molecule has 1 aliphatic carbocycles. The number of Topliss-reactive ketones (excluding diaryl/α,β-unsaturated/α-hetero) is 1. The fraction of sp³-hybridized carbons (Fsp3) is 0.143. The highest BCUT2D eigenvalue weighted by Gasteiger charge is 2.29. The summed E-state index contributed by atoms with van der Waals surface area (Å²) in [5.41, 5.74) is 2.94. The van der Waals surface area contributed by atoms with E-state index >= 15 is 0 Å². The lowest BCUT2D eigenvalue weighted by Gasteiger charge is -2.25. The Labute approximate surface area is 156 Å². The van der Waals surface area contributed by atoms with E-state index in [-0.39, 0.29) is 17.5 Å². The number of allylic oxidation sites excluding steroid dienone is 3. The lowest BCUT2D eigenvalue weighted by atomic mass is 9.77. The molecule has 1 atom stereocenters. The van der Waals surface area contributed by atoms with Crippen molar-refractivity contribution in [3.63, 3.8) is 0 Å². The smallest absolute Gasteiger partial charge is 0.182 e. The predicted octanol–water partition coefficient (Wildman–Crippen LogP) is 5.65. The second-order valence-corrected chi connectivity index (χ2v) is 6.93. The van der Waals surface area contributed by atoms with Crippen molar-refractivity contribution in [3.8, 4) is 0 Å². The van der Waals surface area contributed by atoms with E-state index in [2.05, 4.69) is 0 Å². The van der Waals surface area contributed by atoms with Gasteiger partial charge >= 0.3 is 0 Å². The summed E-state index contributed by atoms with van der Waals surface area (Å²) in [6.07, 6.45) is 3.76. The van der Waals surface area contributed by atoms with Crippen LogP contribution in [0.3, 0.4) is 0 Å². The van der Waals surface area contributed by atoms with E-state index in [1.165, 1.54) is 13.0 Å². The predicted molar refractivity (Wildman–Crippen MR) is 102 cm³/mol. The van der Waals surface area contributed by atoms with Crippen molar-refractivity contribution >= 4 is 40.8 Å². The molecule has 1 unspecified atom stereocenters. The number of ketones is 2. The lowest BCUT2D eigenvalue weighted by Crippen LogP contribution is -2.19. The van der Waals surface area contributed by atoms with E-state index in [0.29, 0.717) is 27.6 Å². The molecule has 0 N–H and O–H groups in total. The van der Waals surface area contributed by atoms with Crippen LogP contribution in [0.4, 0.5) is 0 Å². The molecule has 1 aliphatic rings. The molecule has 0 aliphatic heterocycles. The fourth-order valence-electron chi connectivity index (χ4n) is 3.02. The summed E-state index contributed by atoms with van der Waals surface area (Å²) in [4.78, 5) is 24.5. The largest absolute Gasteiger partial charge is 0.295 e. The van der Waals surface area contributed by atoms with Gasteiger partial charge in [0.15, 0.2) is 11.6 Å². The van der Waals surface area contributed by atoms with Crippen LogP contribution >= 0.6 is 23.2 Å². The van der Waals surface area contributed by atoms with Gasteiger partial charge in [-0.15, -0.1) is 0 Å². The molecule has 0 heterocycles. The maximum absolute atomic E-state index is 12.7. The number of carbonyl (C=O) groups excluding carboxylic acids is 2. The molecule has 0 saturated heterocycles. The minimum atomic E-state index is -0.214. The van der Waals surface area contributed by atoms with Crippen molar-refractivity contribution in [2.75, 3.05) is 0 Å². The van der Waals surface area contributed by atoms with Crippen molar-refractivity contribution < 1.29 is 9.59 Å². The van der Waals surface area contributed by atoms with Gasteiger partial charge in [0.1, 0.15) is 0 Å². The minimum absolute atomic E-state index is 0.0813. The van der Waals surface area contributed by atoms with Gasteiger partial charge < -0.3 is 0 Å². The topological polar surface area (TPSA) is 34.1 Å². The number of rotatable bonds is 3. The van der Waals surface area contributed by atoms with E-state index in [4.69, 9.17) is 23.2 Å². The molecule has 0 bridgehead atoms. The van der Waals surface area contributed by atoms with Crippen LogP contribution in [0.2, 0.25) is 10.0 Å². The lowest BCUT2D eigenvalue weighted by molar-refractivity contribution is -0.115. The van der Waals surface area contributed by atoms with Crippen LogP contribution in [-0.4, -0.2) is 11.6 Å². The Balaban J connectivity index is 2.11. The Morgan fingerprint density at radius 3 is 2.40 bits per heavy atom. The summed E-state index contributed by atoms with van der Waals surface area (Å²) in [6.45, 7) is 1.49. The van der Waals surface area contributed by atoms with E-state index in [9.17, 15) is 9.59 Å². The van der Waals surface area contributed by atoms with Crippen molar-refractivity contribution in [1.82, 2.24) is 0 Å². The monoisotopic (exact) mass is 370 g/mol. The number of hydrogen-bond acceptors (Lipinski definition) is 2. The maximum atomic E-state index is 12.7. The third-order valence-electron chi connectivity index (χ3n) is 4.26. The molecule has 3 rings (SSSR count). The van der Waals surface area contributed by atoms with Crippen molar-refractivity contribution in [2.24, 2.45) is 0 Å². The van der Waals surface area contributed by atoms with Gasteiger partial charge in [0.05, 0.1) is 0 Å². The third-order valence-corrected chi connectivity index (χ3v) is 4.73. The molecule has 25 heavy (non-hydrogen) atoms. The summed E-state index contributed by atoms with van der Waals surface area (Å²) < 4.78 is 0. The highest BCUT2D eigenvalue weighted by Crippen LogP contribution is 2.37. The zero-order chi connectivity index (χ0) is 18.0. The molecule has 2 nitrogen and oxygen atoms in total. The average molecular weight is 371 g/mol. The molecular formula is C21H16Cl2O2. The minimum Gasteiger partial charge on any atom is -0.295 e. The molecule has 0 radical (unpaired) electrons. The molecule has 0 fully saturated rings. The molecule has 0 amide bonds. The van der Waals surface area contributed by atoms with Gasteiger partial charge in [-0.05, 0) is 66.5 Å². The Kier molecular flexibility index (Phi) is 5.22. The normalized spacial score (nSPS) is 19.0. The molecule has 2 aromatic rings. The number of halogens is 2.